The van der Waals surface area contributed by atoms with Crippen molar-refractivity contribution in [2.24, 2.45) is 0 Å². The van der Waals surface area contributed by atoms with E-state index in [4.69, 9.17) is 0 Å². The van der Waals surface area contributed by atoms with E-state index < -0.39 is 23.3 Å². The number of rotatable bonds is 3. The van der Waals surface area contributed by atoms with E-state index in [0.717, 1.165) is 12.1 Å². The number of hydrogen-bond acceptors (Lipinski definition) is 3. The van der Waals surface area contributed by atoms with Crippen LogP contribution in [-0.4, -0.2) is 11.8 Å². The molecular formula is C7H4BrF2NO3. The Kier molecular flexibility index (Phi) is 3.34. The standard InChI is InChI=1S/C7H4BrF2NO3/c8-4-1-5(10)6(11(12)13)2-7(4)14-3-9/h1-2H,3H2. The van der Waals surface area contributed by atoms with Crippen LogP contribution in [0, 0.1) is 15.9 Å². The van der Waals surface area contributed by atoms with Crippen LogP contribution >= 0.6 is 15.9 Å². The van der Waals surface area contributed by atoms with E-state index in [1.165, 1.54) is 0 Å². The second-order valence-electron chi connectivity index (χ2n) is 2.24. The third-order valence-electron chi connectivity index (χ3n) is 1.41. The molecule has 7 heteroatoms. The largest absolute Gasteiger partial charge is 0.461 e. The van der Waals surface area contributed by atoms with E-state index in [0.29, 0.717) is 0 Å². The fourth-order valence-corrected chi connectivity index (χ4v) is 1.26. The zero-order valence-electron chi connectivity index (χ0n) is 6.67. The first-order valence-corrected chi connectivity index (χ1v) is 4.17. The highest BCUT2D eigenvalue weighted by atomic mass is 79.9. The van der Waals surface area contributed by atoms with E-state index in [2.05, 4.69) is 20.7 Å². The summed E-state index contributed by atoms with van der Waals surface area (Å²) in [5, 5.41) is 10.3. The normalized spacial score (nSPS) is 9.93. The van der Waals surface area contributed by atoms with Gasteiger partial charge in [0.15, 0.2) is 0 Å². The highest BCUT2D eigenvalue weighted by molar-refractivity contribution is 9.10. The fraction of sp³-hybridized carbons (Fsp3) is 0.143. The first-order valence-electron chi connectivity index (χ1n) is 3.38. The second kappa shape index (κ2) is 4.32. The summed E-state index contributed by atoms with van der Waals surface area (Å²) < 4.78 is 29.2. The summed E-state index contributed by atoms with van der Waals surface area (Å²) in [6.07, 6.45) is 0. The molecule has 14 heavy (non-hydrogen) atoms. The Morgan fingerprint density at radius 2 is 2.21 bits per heavy atom. The van der Waals surface area contributed by atoms with Gasteiger partial charge in [-0.1, -0.05) is 0 Å². The van der Waals surface area contributed by atoms with Gasteiger partial charge in [0.1, 0.15) is 5.75 Å². The molecule has 1 rings (SSSR count). The van der Waals surface area contributed by atoms with Crippen LogP contribution in [0.3, 0.4) is 0 Å². The third-order valence-corrected chi connectivity index (χ3v) is 2.03. The van der Waals surface area contributed by atoms with Crippen molar-refractivity contribution >= 4 is 21.6 Å². The van der Waals surface area contributed by atoms with Crippen molar-refractivity contribution in [3.05, 3.63) is 32.5 Å². The molecule has 0 atom stereocenters. The van der Waals surface area contributed by atoms with E-state index in [-0.39, 0.29) is 10.2 Å². The Balaban J connectivity index is 3.20. The zero-order valence-corrected chi connectivity index (χ0v) is 8.25. The van der Waals surface area contributed by atoms with Gasteiger partial charge in [0, 0.05) is 0 Å². The summed E-state index contributed by atoms with van der Waals surface area (Å²) in [6, 6.07) is 1.67. The lowest BCUT2D eigenvalue weighted by atomic mass is 10.3. The molecule has 0 N–H and O–H groups in total. The van der Waals surface area contributed by atoms with E-state index in [1.54, 1.807) is 0 Å². The average molecular weight is 268 g/mol. The lowest BCUT2D eigenvalue weighted by molar-refractivity contribution is -0.387. The molecule has 0 aliphatic heterocycles. The summed E-state index contributed by atoms with van der Waals surface area (Å²) in [4.78, 5) is 9.38. The van der Waals surface area contributed by atoms with Gasteiger partial charge in [-0.3, -0.25) is 10.1 Å². The van der Waals surface area contributed by atoms with Crippen LogP contribution < -0.4 is 4.74 Å². The topological polar surface area (TPSA) is 52.4 Å². The lowest BCUT2D eigenvalue weighted by Crippen LogP contribution is -1.96. The number of nitro benzene ring substituents is 1. The highest BCUT2D eigenvalue weighted by Gasteiger charge is 2.18. The molecule has 76 valence electrons. The third kappa shape index (κ3) is 2.16. The molecule has 1 aromatic carbocycles. The Labute approximate surface area is 85.8 Å². The summed E-state index contributed by atoms with van der Waals surface area (Å²) in [6.45, 7) is -1.14. The Bertz CT molecular complexity index is 372. The number of hydrogen-bond donors (Lipinski definition) is 0. The smallest absolute Gasteiger partial charge is 0.308 e. The van der Waals surface area contributed by atoms with Crippen LogP contribution in [0.25, 0.3) is 0 Å². The van der Waals surface area contributed by atoms with Crippen LogP contribution in [0.5, 0.6) is 5.75 Å². The van der Waals surface area contributed by atoms with E-state index >= 15 is 0 Å². The summed E-state index contributed by atoms with van der Waals surface area (Å²) in [7, 11) is 0. The number of ether oxygens (including phenoxy) is 1. The Morgan fingerprint density at radius 1 is 1.57 bits per heavy atom. The number of nitrogens with zero attached hydrogens (tertiary/aromatic N) is 1. The molecule has 0 aliphatic rings. The van der Waals surface area contributed by atoms with Gasteiger partial charge in [-0.15, -0.1) is 0 Å². The van der Waals surface area contributed by atoms with Gasteiger partial charge in [0.25, 0.3) is 0 Å². The van der Waals surface area contributed by atoms with E-state index in [1.807, 2.05) is 0 Å². The van der Waals surface area contributed by atoms with Crippen molar-refractivity contribution in [1.29, 1.82) is 0 Å². The molecule has 0 saturated carbocycles. The molecule has 0 radical (unpaired) electrons. The highest BCUT2D eigenvalue weighted by Crippen LogP contribution is 2.31. The zero-order chi connectivity index (χ0) is 10.7. The van der Waals surface area contributed by atoms with Crippen molar-refractivity contribution in [1.82, 2.24) is 0 Å². The molecule has 0 unspecified atom stereocenters. The van der Waals surface area contributed by atoms with Crippen LogP contribution in [0.2, 0.25) is 0 Å². The van der Waals surface area contributed by atoms with Crippen molar-refractivity contribution in [3.8, 4) is 5.75 Å². The SMILES string of the molecule is O=[N+]([O-])c1cc(OCF)c(Br)cc1F. The number of halogens is 3. The number of benzene rings is 1. The van der Waals surface area contributed by atoms with Crippen molar-refractivity contribution in [3.63, 3.8) is 0 Å². The summed E-state index contributed by atoms with van der Waals surface area (Å²) in [5.74, 6) is -1.12. The van der Waals surface area contributed by atoms with Crippen molar-refractivity contribution < 1.29 is 18.4 Å². The minimum absolute atomic E-state index is 0.111. The van der Waals surface area contributed by atoms with Gasteiger partial charge in [-0.2, -0.15) is 4.39 Å². The lowest BCUT2D eigenvalue weighted by Gasteiger charge is -2.03. The molecule has 0 saturated heterocycles. The van der Waals surface area contributed by atoms with Gasteiger partial charge in [-0.25, -0.2) is 4.39 Å². The predicted octanol–water partition coefficient (Wildman–Crippen LogP) is 2.80. The number of alkyl halides is 1. The van der Waals surface area contributed by atoms with E-state index in [9.17, 15) is 18.9 Å². The second-order valence-corrected chi connectivity index (χ2v) is 3.10. The Hall–Kier alpha value is -1.24. The first kappa shape index (κ1) is 10.8. The molecule has 0 amide bonds. The molecule has 0 aliphatic carbocycles. The van der Waals surface area contributed by atoms with Crippen molar-refractivity contribution in [2.45, 2.75) is 0 Å². The van der Waals surface area contributed by atoms with Crippen LogP contribution in [0.4, 0.5) is 14.5 Å². The molecule has 0 aromatic heterocycles. The quantitative estimate of drug-likeness (QED) is 0.625. The molecule has 0 bridgehead atoms. The van der Waals surface area contributed by atoms with Crippen LogP contribution in [-0.2, 0) is 0 Å². The average Bonchev–Trinajstić information content (AvgIpc) is 2.09. The summed E-state index contributed by atoms with van der Waals surface area (Å²) >= 11 is 2.88. The molecule has 0 fully saturated rings. The molecular weight excluding hydrogens is 264 g/mol. The molecule has 1 aromatic rings. The van der Waals surface area contributed by atoms with Gasteiger partial charge < -0.3 is 4.74 Å². The van der Waals surface area contributed by atoms with Gasteiger partial charge >= 0.3 is 5.69 Å². The predicted molar refractivity (Wildman–Crippen MR) is 47.4 cm³/mol. The van der Waals surface area contributed by atoms with Gasteiger partial charge in [0.2, 0.25) is 12.7 Å². The summed E-state index contributed by atoms with van der Waals surface area (Å²) in [5.41, 5.74) is -0.753. The Morgan fingerprint density at radius 3 is 2.71 bits per heavy atom. The number of nitro groups is 1. The minimum atomic E-state index is -1.14. The fourth-order valence-electron chi connectivity index (χ4n) is 0.828. The maximum atomic E-state index is 12.9. The van der Waals surface area contributed by atoms with Gasteiger partial charge in [-0.05, 0) is 22.0 Å². The maximum Gasteiger partial charge on any atom is 0.308 e. The maximum absolute atomic E-state index is 12.9. The van der Waals surface area contributed by atoms with Crippen molar-refractivity contribution in [2.75, 3.05) is 6.86 Å². The minimum Gasteiger partial charge on any atom is -0.461 e. The monoisotopic (exact) mass is 267 g/mol. The molecule has 4 nitrogen and oxygen atoms in total. The first-order chi connectivity index (χ1) is 6.56. The molecule has 0 heterocycles. The molecule has 0 spiro atoms. The van der Waals surface area contributed by atoms with Crippen LogP contribution in [0.1, 0.15) is 0 Å². The van der Waals surface area contributed by atoms with Gasteiger partial charge in [0.05, 0.1) is 15.5 Å². The van der Waals surface area contributed by atoms with Crippen LogP contribution in [0.15, 0.2) is 16.6 Å².